The van der Waals surface area contributed by atoms with E-state index in [9.17, 15) is 14.5 Å². The van der Waals surface area contributed by atoms with E-state index < -0.39 is 10.7 Å². The molecule has 5 nitrogen and oxygen atoms in total. The van der Waals surface area contributed by atoms with E-state index >= 15 is 0 Å². The number of rotatable bonds is 4. The van der Waals surface area contributed by atoms with Crippen molar-refractivity contribution in [2.75, 3.05) is 7.11 Å². The maximum Gasteiger partial charge on any atom is 0.311 e. The highest BCUT2D eigenvalue weighted by atomic mass is 19.1. The molecule has 0 spiro atoms. The number of ether oxygens (including phenoxy) is 2. The molecule has 0 aliphatic heterocycles. The third-order valence-electron chi connectivity index (χ3n) is 2.39. The average Bonchev–Trinajstić information content (AvgIpc) is 2.38. The van der Waals surface area contributed by atoms with Crippen LogP contribution in [0.25, 0.3) is 0 Å². The Bertz CT molecular complexity index is 615. The summed E-state index contributed by atoms with van der Waals surface area (Å²) in [6.45, 7) is 0. The molecule has 0 saturated carbocycles. The Morgan fingerprint density at radius 3 is 2.58 bits per heavy atom. The lowest BCUT2D eigenvalue weighted by molar-refractivity contribution is -0.385. The first-order chi connectivity index (χ1) is 9.10. The molecule has 0 bridgehead atoms. The van der Waals surface area contributed by atoms with E-state index in [1.165, 1.54) is 7.11 Å². The van der Waals surface area contributed by atoms with Crippen LogP contribution in [0.1, 0.15) is 0 Å². The number of halogens is 1. The van der Waals surface area contributed by atoms with Gasteiger partial charge in [-0.25, -0.2) is 4.39 Å². The van der Waals surface area contributed by atoms with Gasteiger partial charge in [-0.15, -0.1) is 0 Å². The molecule has 2 aromatic carbocycles. The number of benzene rings is 2. The Balaban J connectivity index is 2.36. The maximum absolute atomic E-state index is 13.1. The van der Waals surface area contributed by atoms with E-state index in [-0.39, 0.29) is 11.4 Å². The molecule has 2 rings (SSSR count). The van der Waals surface area contributed by atoms with Crippen LogP contribution in [0.4, 0.5) is 10.1 Å². The van der Waals surface area contributed by atoms with Crippen molar-refractivity contribution < 1.29 is 18.8 Å². The lowest BCUT2D eigenvalue weighted by Crippen LogP contribution is -1.94. The van der Waals surface area contributed by atoms with Crippen LogP contribution >= 0.6 is 0 Å². The van der Waals surface area contributed by atoms with Gasteiger partial charge in [-0.2, -0.15) is 0 Å². The fourth-order valence-corrected chi connectivity index (χ4v) is 1.51. The third-order valence-corrected chi connectivity index (χ3v) is 2.39. The van der Waals surface area contributed by atoms with Crippen molar-refractivity contribution in [3.63, 3.8) is 0 Å². The SMILES string of the molecule is COc1cccc(Oc2cc(F)ccc2[N+](=O)[O-])c1. The molecule has 0 unspecified atom stereocenters. The predicted octanol–water partition coefficient (Wildman–Crippen LogP) is 3.53. The lowest BCUT2D eigenvalue weighted by Gasteiger charge is -2.07. The summed E-state index contributed by atoms with van der Waals surface area (Å²) in [6, 6.07) is 9.55. The van der Waals surface area contributed by atoms with Crippen molar-refractivity contribution in [3.05, 3.63) is 58.4 Å². The zero-order valence-corrected chi connectivity index (χ0v) is 10.00. The summed E-state index contributed by atoms with van der Waals surface area (Å²) in [5, 5.41) is 10.8. The van der Waals surface area contributed by atoms with Gasteiger partial charge in [-0.3, -0.25) is 10.1 Å². The summed E-state index contributed by atoms with van der Waals surface area (Å²) in [5.41, 5.74) is -0.302. The molecule has 6 heteroatoms. The summed E-state index contributed by atoms with van der Waals surface area (Å²) in [4.78, 5) is 10.2. The van der Waals surface area contributed by atoms with Crippen LogP contribution in [-0.4, -0.2) is 12.0 Å². The van der Waals surface area contributed by atoms with Gasteiger partial charge >= 0.3 is 5.69 Å². The van der Waals surface area contributed by atoms with Gasteiger partial charge in [0.2, 0.25) is 5.75 Å². The number of nitro benzene ring substituents is 1. The number of nitro groups is 1. The van der Waals surface area contributed by atoms with Crippen LogP contribution < -0.4 is 9.47 Å². The Labute approximate surface area is 108 Å². The van der Waals surface area contributed by atoms with Gasteiger partial charge in [0.05, 0.1) is 12.0 Å². The molecule has 0 aliphatic carbocycles. The number of hydrogen-bond acceptors (Lipinski definition) is 4. The summed E-state index contributed by atoms with van der Waals surface area (Å²) < 4.78 is 23.5. The molecule has 0 radical (unpaired) electrons. The minimum absolute atomic E-state index is 0.154. The summed E-state index contributed by atoms with van der Waals surface area (Å²) >= 11 is 0. The minimum atomic E-state index is -0.630. The van der Waals surface area contributed by atoms with Gasteiger partial charge in [0.15, 0.2) is 0 Å². The van der Waals surface area contributed by atoms with E-state index in [4.69, 9.17) is 9.47 Å². The average molecular weight is 263 g/mol. The van der Waals surface area contributed by atoms with E-state index in [1.807, 2.05) is 0 Å². The van der Waals surface area contributed by atoms with Crippen molar-refractivity contribution in [1.82, 2.24) is 0 Å². The topological polar surface area (TPSA) is 61.6 Å². The van der Waals surface area contributed by atoms with Crippen molar-refractivity contribution in [2.45, 2.75) is 0 Å². The van der Waals surface area contributed by atoms with E-state index in [0.29, 0.717) is 11.5 Å². The largest absolute Gasteiger partial charge is 0.497 e. The molecule has 0 aliphatic rings. The van der Waals surface area contributed by atoms with E-state index in [2.05, 4.69) is 0 Å². The Kier molecular flexibility index (Phi) is 3.61. The highest BCUT2D eigenvalue weighted by Crippen LogP contribution is 2.32. The smallest absolute Gasteiger partial charge is 0.311 e. The van der Waals surface area contributed by atoms with Gasteiger partial charge in [-0.1, -0.05) is 6.07 Å². The van der Waals surface area contributed by atoms with Crippen LogP contribution in [0.2, 0.25) is 0 Å². The molecule has 2 aromatic rings. The zero-order valence-electron chi connectivity index (χ0n) is 10.00. The first-order valence-electron chi connectivity index (χ1n) is 5.36. The van der Waals surface area contributed by atoms with Gasteiger partial charge in [0.1, 0.15) is 17.3 Å². The Hall–Kier alpha value is -2.63. The molecule has 0 saturated heterocycles. The maximum atomic E-state index is 13.1. The third kappa shape index (κ3) is 2.98. The highest BCUT2D eigenvalue weighted by molar-refractivity contribution is 5.49. The molecular formula is C13H10FNO4. The molecule has 0 aromatic heterocycles. The second-order valence-electron chi connectivity index (χ2n) is 3.65. The van der Waals surface area contributed by atoms with Crippen LogP contribution in [0.15, 0.2) is 42.5 Å². The number of methoxy groups -OCH3 is 1. The highest BCUT2D eigenvalue weighted by Gasteiger charge is 2.16. The standard InChI is InChI=1S/C13H10FNO4/c1-18-10-3-2-4-11(8-10)19-13-7-9(14)5-6-12(13)15(16)17/h2-8H,1H3. The van der Waals surface area contributed by atoms with Crippen LogP contribution in [-0.2, 0) is 0 Å². The lowest BCUT2D eigenvalue weighted by atomic mass is 10.3. The molecule has 98 valence electrons. The summed E-state index contributed by atoms with van der Waals surface area (Å²) in [5.74, 6) is 0.103. The van der Waals surface area contributed by atoms with Crippen LogP contribution in [0.5, 0.6) is 17.2 Å². The second-order valence-corrected chi connectivity index (χ2v) is 3.65. The van der Waals surface area contributed by atoms with Crippen molar-refractivity contribution >= 4 is 5.69 Å². The van der Waals surface area contributed by atoms with E-state index in [0.717, 1.165) is 18.2 Å². The fraction of sp³-hybridized carbons (Fsp3) is 0.0769. The van der Waals surface area contributed by atoms with Crippen molar-refractivity contribution in [1.29, 1.82) is 0 Å². The van der Waals surface area contributed by atoms with Gasteiger partial charge in [0.25, 0.3) is 0 Å². The molecule has 0 heterocycles. The molecule has 0 fully saturated rings. The normalized spacial score (nSPS) is 10.0. The number of nitrogens with zero attached hydrogens (tertiary/aromatic N) is 1. The van der Waals surface area contributed by atoms with Crippen LogP contribution in [0.3, 0.4) is 0 Å². The van der Waals surface area contributed by atoms with Crippen molar-refractivity contribution in [2.24, 2.45) is 0 Å². The molecule has 0 N–H and O–H groups in total. The Morgan fingerprint density at radius 2 is 1.89 bits per heavy atom. The van der Waals surface area contributed by atoms with Gasteiger partial charge < -0.3 is 9.47 Å². The fourth-order valence-electron chi connectivity index (χ4n) is 1.51. The quantitative estimate of drug-likeness (QED) is 0.625. The predicted molar refractivity (Wildman–Crippen MR) is 66.1 cm³/mol. The van der Waals surface area contributed by atoms with Crippen LogP contribution in [0, 0.1) is 15.9 Å². The van der Waals surface area contributed by atoms with Crippen molar-refractivity contribution in [3.8, 4) is 17.2 Å². The molecular weight excluding hydrogens is 253 g/mol. The van der Waals surface area contributed by atoms with Gasteiger partial charge in [0, 0.05) is 18.2 Å². The van der Waals surface area contributed by atoms with Gasteiger partial charge in [-0.05, 0) is 18.2 Å². The first-order valence-corrected chi connectivity index (χ1v) is 5.36. The molecule has 0 amide bonds. The monoisotopic (exact) mass is 263 g/mol. The first kappa shape index (κ1) is 12.8. The molecule has 19 heavy (non-hydrogen) atoms. The zero-order chi connectivity index (χ0) is 13.8. The summed E-state index contributed by atoms with van der Waals surface area (Å²) in [7, 11) is 1.49. The second kappa shape index (κ2) is 5.34. The summed E-state index contributed by atoms with van der Waals surface area (Å²) in [6.07, 6.45) is 0. The number of hydrogen-bond donors (Lipinski definition) is 0. The van der Waals surface area contributed by atoms with E-state index in [1.54, 1.807) is 24.3 Å². The Morgan fingerprint density at radius 1 is 1.16 bits per heavy atom. The minimum Gasteiger partial charge on any atom is -0.497 e. The molecule has 0 atom stereocenters.